The van der Waals surface area contributed by atoms with E-state index >= 15 is 0 Å². The molecule has 1 aromatic rings. The summed E-state index contributed by atoms with van der Waals surface area (Å²) in [6, 6.07) is 2.99. The van der Waals surface area contributed by atoms with E-state index in [0.717, 1.165) is 5.56 Å². The fourth-order valence-electron chi connectivity index (χ4n) is 1.96. The predicted octanol–water partition coefficient (Wildman–Crippen LogP) is 2.60. The van der Waals surface area contributed by atoms with Crippen molar-refractivity contribution in [3.63, 3.8) is 0 Å². The number of rotatable bonds is 8. The molecule has 1 heterocycles. The Morgan fingerprint density at radius 1 is 1.14 bits per heavy atom. The molecule has 11 heteroatoms. The second-order valence-electron chi connectivity index (χ2n) is 7.04. The third-order valence-corrected chi connectivity index (χ3v) is 3.18. The largest absolute Gasteiger partial charge is 0.468 e. The van der Waals surface area contributed by atoms with Crippen LogP contribution in [-0.4, -0.2) is 55.6 Å². The number of alkyl halides is 3. The molecular weight excluding hydrogens is 391 g/mol. The van der Waals surface area contributed by atoms with Crippen LogP contribution in [0.1, 0.15) is 32.8 Å². The van der Waals surface area contributed by atoms with Crippen LogP contribution in [0.3, 0.4) is 0 Å². The minimum Gasteiger partial charge on any atom is -0.468 e. The summed E-state index contributed by atoms with van der Waals surface area (Å²) in [5.41, 5.74) is 0.213. The highest BCUT2D eigenvalue weighted by molar-refractivity contribution is 5.79. The lowest BCUT2D eigenvalue weighted by Gasteiger charge is -2.19. The van der Waals surface area contributed by atoms with Crippen molar-refractivity contribution in [2.24, 2.45) is 4.99 Å². The Morgan fingerprint density at radius 3 is 2.38 bits per heavy atom. The summed E-state index contributed by atoms with van der Waals surface area (Å²) >= 11 is 0. The molecule has 0 fully saturated rings. The number of aliphatic imine (C=N–C) groups is 1. The van der Waals surface area contributed by atoms with E-state index in [1.54, 1.807) is 33.9 Å². The van der Waals surface area contributed by atoms with E-state index in [4.69, 9.17) is 4.74 Å². The van der Waals surface area contributed by atoms with Gasteiger partial charge in [-0.2, -0.15) is 13.2 Å². The van der Waals surface area contributed by atoms with Crippen LogP contribution in [0, 0.1) is 0 Å². The zero-order valence-electron chi connectivity index (χ0n) is 17.0. The van der Waals surface area contributed by atoms with Crippen LogP contribution in [0.4, 0.5) is 18.0 Å². The van der Waals surface area contributed by atoms with Gasteiger partial charge in [0, 0.05) is 38.9 Å². The van der Waals surface area contributed by atoms with Gasteiger partial charge in [0.15, 0.2) is 12.6 Å². The van der Waals surface area contributed by atoms with E-state index in [9.17, 15) is 18.0 Å². The van der Waals surface area contributed by atoms with Crippen molar-refractivity contribution in [3.8, 4) is 5.88 Å². The number of hydrogen-bond acceptors (Lipinski definition) is 5. The summed E-state index contributed by atoms with van der Waals surface area (Å²) in [7, 11) is 1.61. The standard InChI is InChI=1S/C18H28F3N5O3/c1-17(2,3)29-16(27)24-9-5-8-23-15(22-4)26-11-13-6-7-14(25-10-13)28-12-18(19,20)21/h6-7,10H,5,8-9,11-12H2,1-4H3,(H,24,27)(H2,22,23,26). The first-order valence-electron chi connectivity index (χ1n) is 9.04. The Morgan fingerprint density at radius 2 is 1.83 bits per heavy atom. The van der Waals surface area contributed by atoms with Crippen LogP contribution in [0.5, 0.6) is 5.88 Å². The summed E-state index contributed by atoms with van der Waals surface area (Å²) < 4.78 is 46.0. The van der Waals surface area contributed by atoms with Gasteiger partial charge in [-0.3, -0.25) is 4.99 Å². The summed E-state index contributed by atoms with van der Waals surface area (Å²) in [4.78, 5) is 19.4. The van der Waals surface area contributed by atoms with E-state index in [1.165, 1.54) is 12.3 Å². The number of pyridine rings is 1. The summed E-state index contributed by atoms with van der Waals surface area (Å²) in [6.45, 7) is 5.40. The van der Waals surface area contributed by atoms with Crippen LogP contribution in [-0.2, 0) is 11.3 Å². The lowest BCUT2D eigenvalue weighted by atomic mass is 10.2. The van der Waals surface area contributed by atoms with Gasteiger partial charge < -0.3 is 25.4 Å². The molecule has 0 aliphatic rings. The van der Waals surface area contributed by atoms with E-state index in [0.29, 0.717) is 32.0 Å². The van der Waals surface area contributed by atoms with Crippen LogP contribution < -0.4 is 20.7 Å². The zero-order valence-corrected chi connectivity index (χ0v) is 17.0. The quantitative estimate of drug-likeness (QED) is 0.341. The Labute approximate surface area is 168 Å². The average Bonchev–Trinajstić information content (AvgIpc) is 2.61. The van der Waals surface area contributed by atoms with Crippen LogP contribution in [0.15, 0.2) is 23.3 Å². The number of alkyl carbamates (subject to hydrolysis) is 1. The molecule has 0 radical (unpaired) electrons. The molecule has 0 aliphatic heterocycles. The molecule has 0 aliphatic carbocycles. The highest BCUT2D eigenvalue weighted by atomic mass is 19.4. The summed E-state index contributed by atoms with van der Waals surface area (Å²) in [6.07, 6.45) is -2.78. The van der Waals surface area contributed by atoms with Crippen LogP contribution in [0.25, 0.3) is 0 Å². The van der Waals surface area contributed by atoms with Gasteiger partial charge in [0.25, 0.3) is 0 Å². The second kappa shape index (κ2) is 11.3. The van der Waals surface area contributed by atoms with Gasteiger partial charge in [0.05, 0.1) is 0 Å². The molecule has 1 rings (SSSR count). The average molecular weight is 419 g/mol. The van der Waals surface area contributed by atoms with Gasteiger partial charge in [-0.1, -0.05) is 6.07 Å². The number of aromatic nitrogens is 1. The number of guanidine groups is 1. The molecule has 0 unspecified atom stereocenters. The molecule has 0 atom stereocenters. The van der Waals surface area contributed by atoms with Crippen molar-refractivity contribution in [1.82, 2.24) is 20.9 Å². The van der Waals surface area contributed by atoms with Crippen molar-refractivity contribution in [2.45, 2.75) is 45.5 Å². The Hall–Kier alpha value is -2.72. The monoisotopic (exact) mass is 419 g/mol. The van der Waals surface area contributed by atoms with Crippen molar-refractivity contribution < 1.29 is 27.4 Å². The maximum absolute atomic E-state index is 12.1. The fourth-order valence-corrected chi connectivity index (χ4v) is 1.96. The van der Waals surface area contributed by atoms with Crippen molar-refractivity contribution in [1.29, 1.82) is 0 Å². The van der Waals surface area contributed by atoms with Crippen LogP contribution >= 0.6 is 0 Å². The van der Waals surface area contributed by atoms with Crippen molar-refractivity contribution in [3.05, 3.63) is 23.9 Å². The van der Waals surface area contributed by atoms with Gasteiger partial charge in [-0.25, -0.2) is 9.78 Å². The van der Waals surface area contributed by atoms with E-state index in [2.05, 4.69) is 30.7 Å². The topological polar surface area (TPSA) is 96.9 Å². The summed E-state index contributed by atoms with van der Waals surface area (Å²) in [5, 5.41) is 8.81. The minimum absolute atomic E-state index is 0.0916. The zero-order chi connectivity index (χ0) is 21.9. The Balaban J connectivity index is 2.26. The number of amides is 1. The number of hydrogen-bond donors (Lipinski definition) is 3. The maximum Gasteiger partial charge on any atom is 0.422 e. The molecule has 164 valence electrons. The number of ether oxygens (including phenoxy) is 2. The first kappa shape index (κ1) is 24.3. The molecule has 1 aromatic heterocycles. The second-order valence-corrected chi connectivity index (χ2v) is 7.04. The molecule has 0 saturated heterocycles. The smallest absolute Gasteiger partial charge is 0.422 e. The molecule has 29 heavy (non-hydrogen) atoms. The lowest BCUT2D eigenvalue weighted by Crippen LogP contribution is -2.39. The van der Waals surface area contributed by atoms with E-state index in [1.807, 2.05) is 0 Å². The van der Waals surface area contributed by atoms with E-state index in [-0.39, 0.29) is 5.88 Å². The first-order chi connectivity index (χ1) is 13.5. The van der Waals surface area contributed by atoms with Gasteiger partial charge in [0.2, 0.25) is 5.88 Å². The Kier molecular flexibility index (Phi) is 9.49. The molecular formula is C18H28F3N5O3. The third-order valence-electron chi connectivity index (χ3n) is 3.18. The molecule has 1 amide bonds. The van der Waals surface area contributed by atoms with E-state index < -0.39 is 24.5 Å². The molecule has 8 nitrogen and oxygen atoms in total. The third kappa shape index (κ3) is 12.4. The molecule has 0 spiro atoms. The maximum atomic E-state index is 12.1. The van der Waals surface area contributed by atoms with Gasteiger partial charge >= 0.3 is 12.3 Å². The predicted molar refractivity (Wildman–Crippen MR) is 103 cm³/mol. The van der Waals surface area contributed by atoms with Crippen LogP contribution in [0.2, 0.25) is 0 Å². The first-order valence-corrected chi connectivity index (χ1v) is 9.04. The van der Waals surface area contributed by atoms with Crippen molar-refractivity contribution in [2.75, 3.05) is 26.7 Å². The normalized spacial score (nSPS) is 12.3. The molecule has 0 bridgehead atoms. The highest BCUT2D eigenvalue weighted by Gasteiger charge is 2.28. The lowest BCUT2D eigenvalue weighted by molar-refractivity contribution is -0.154. The Bertz CT molecular complexity index is 658. The number of nitrogens with zero attached hydrogens (tertiary/aromatic N) is 2. The van der Waals surface area contributed by atoms with Gasteiger partial charge in [-0.05, 0) is 32.8 Å². The van der Waals surface area contributed by atoms with Gasteiger partial charge in [-0.15, -0.1) is 0 Å². The number of carbonyl (C=O) groups excluding carboxylic acids is 1. The molecule has 0 aromatic carbocycles. The fraction of sp³-hybridized carbons (Fsp3) is 0.611. The molecule has 3 N–H and O–H groups in total. The highest BCUT2D eigenvalue weighted by Crippen LogP contribution is 2.17. The van der Waals surface area contributed by atoms with Crippen molar-refractivity contribution >= 4 is 12.1 Å². The summed E-state index contributed by atoms with van der Waals surface area (Å²) in [5.74, 6) is 0.450. The SMILES string of the molecule is CN=C(NCCCNC(=O)OC(C)(C)C)NCc1ccc(OCC(F)(F)F)nc1. The number of nitrogens with one attached hydrogen (secondary N) is 3. The molecule has 0 saturated carbocycles. The minimum atomic E-state index is -4.40. The number of carbonyl (C=O) groups is 1. The number of halogens is 3. The van der Waals surface area contributed by atoms with Gasteiger partial charge in [0.1, 0.15) is 5.60 Å².